The molecule has 30 heavy (non-hydrogen) atoms. The zero-order chi connectivity index (χ0) is 21.5. The number of aromatic nitrogens is 3. The second-order valence-electron chi connectivity index (χ2n) is 7.74. The summed E-state index contributed by atoms with van der Waals surface area (Å²) in [6.45, 7) is 2.94. The van der Waals surface area contributed by atoms with E-state index in [1.807, 2.05) is 40.9 Å². The first-order valence-corrected chi connectivity index (χ1v) is 11.6. The fourth-order valence-electron chi connectivity index (χ4n) is 3.87. The van der Waals surface area contributed by atoms with E-state index >= 15 is 0 Å². The number of fused-ring (bicyclic) bond motifs is 1. The van der Waals surface area contributed by atoms with Gasteiger partial charge in [-0.25, -0.2) is 8.42 Å². The number of hydrogen-bond acceptors (Lipinski definition) is 5. The lowest BCUT2D eigenvalue weighted by molar-refractivity contribution is -0.129. The zero-order valence-electron chi connectivity index (χ0n) is 17.3. The molecule has 0 radical (unpaired) electrons. The molecule has 0 aliphatic carbocycles. The highest BCUT2D eigenvalue weighted by atomic mass is 32.2. The maximum Gasteiger partial charge on any atom is 0.219 e. The van der Waals surface area contributed by atoms with Gasteiger partial charge in [-0.1, -0.05) is 24.3 Å². The van der Waals surface area contributed by atoms with Gasteiger partial charge in [0, 0.05) is 75.4 Å². The molecule has 7 nitrogen and oxygen atoms in total. The number of benzene rings is 1. The number of pyridine rings is 1. The van der Waals surface area contributed by atoms with Crippen molar-refractivity contribution in [3.8, 4) is 11.1 Å². The van der Waals surface area contributed by atoms with Crippen LogP contribution in [0.5, 0.6) is 0 Å². The summed E-state index contributed by atoms with van der Waals surface area (Å²) in [5.41, 5.74) is 6.11. The third-order valence-corrected chi connectivity index (χ3v) is 6.65. The fraction of sp³-hybridized carbons (Fsp3) is 0.318. The lowest BCUT2D eigenvalue weighted by atomic mass is 9.99. The number of carbonyl (C=O) groups is 1. The normalized spacial score (nSPS) is 13.9. The lowest BCUT2D eigenvalue weighted by Gasteiger charge is -2.26. The van der Waals surface area contributed by atoms with Crippen LogP contribution in [0.4, 0.5) is 0 Å². The molecule has 3 heterocycles. The van der Waals surface area contributed by atoms with Crippen molar-refractivity contribution in [2.24, 2.45) is 7.05 Å². The second-order valence-corrected chi connectivity index (χ2v) is 9.76. The molecule has 1 aliphatic rings. The van der Waals surface area contributed by atoms with Crippen molar-refractivity contribution in [3.05, 3.63) is 65.2 Å². The summed E-state index contributed by atoms with van der Waals surface area (Å²) in [5.74, 6) is 0.0877. The van der Waals surface area contributed by atoms with Gasteiger partial charge in [0.2, 0.25) is 5.91 Å². The van der Waals surface area contributed by atoms with Crippen molar-refractivity contribution in [1.29, 1.82) is 0 Å². The van der Waals surface area contributed by atoms with E-state index in [0.29, 0.717) is 13.0 Å². The summed E-state index contributed by atoms with van der Waals surface area (Å²) in [5, 5.41) is 4.70. The monoisotopic (exact) mass is 424 g/mol. The fourth-order valence-corrected chi connectivity index (χ4v) is 4.46. The predicted molar refractivity (Wildman–Crippen MR) is 114 cm³/mol. The first-order valence-electron chi connectivity index (χ1n) is 9.76. The van der Waals surface area contributed by atoms with E-state index in [9.17, 15) is 13.2 Å². The van der Waals surface area contributed by atoms with Gasteiger partial charge in [-0.2, -0.15) is 5.10 Å². The minimum absolute atomic E-state index is 0.0877. The largest absolute Gasteiger partial charge is 0.338 e. The van der Waals surface area contributed by atoms with E-state index in [1.54, 1.807) is 19.2 Å². The summed E-state index contributed by atoms with van der Waals surface area (Å²) < 4.78 is 25.5. The van der Waals surface area contributed by atoms with Crippen LogP contribution < -0.4 is 0 Å². The molecule has 0 saturated heterocycles. The smallest absolute Gasteiger partial charge is 0.219 e. The molecule has 1 aliphatic heterocycles. The van der Waals surface area contributed by atoms with Crippen LogP contribution in [0.1, 0.15) is 29.4 Å². The molecular formula is C22H24N4O3S. The van der Waals surface area contributed by atoms with Gasteiger partial charge < -0.3 is 4.90 Å². The molecule has 0 N–H and O–H groups in total. The first kappa shape index (κ1) is 20.3. The number of carbonyl (C=O) groups excluding carboxylic acids is 1. The van der Waals surface area contributed by atoms with Crippen LogP contribution in [0.3, 0.4) is 0 Å². The average molecular weight is 425 g/mol. The zero-order valence-corrected chi connectivity index (χ0v) is 18.1. The highest BCUT2D eigenvalue weighted by molar-refractivity contribution is 7.90. The third-order valence-electron chi connectivity index (χ3n) is 5.57. The molecule has 8 heteroatoms. The van der Waals surface area contributed by atoms with E-state index in [4.69, 9.17) is 5.10 Å². The van der Waals surface area contributed by atoms with Crippen LogP contribution in [0.25, 0.3) is 11.1 Å². The topological polar surface area (TPSA) is 85.2 Å². The molecule has 0 fully saturated rings. The van der Waals surface area contributed by atoms with Crippen molar-refractivity contribution in [3.63, 3.8) is 0 Å². The van der Waals surface area contributed by atoms with Crippen LogP contribution >= 0.6 is 0 Å². The molecular weight excluding hydrogens is 400 g/mol. The Hall–Kier alpha value is -3.00. The van der Waals surface area contributed by atoms with Gasteiger partial charge in [0.05, 0.1) is 10.6 Å². The van der Waals surface area contributed by atoms with Crippen molar-refractivity contribution in [2.75, 3.05) is 12.8 Å². The molecule has 0 atom stereocenters. The summed E-state index contributed by atoms with van der Waals surface area (Å²) >= 11 is 0. The number of sulfone groups is 1. The van der Waals surface area contributed by atoms with Crippen LogP contribution in [0.2, 0.25) is 0 Å². The van der Waals surface area contributed by atoms with Crippen LogP contribution in [0.15, 0.2) is 47.6 Å². The van der Waals surface area contributed by atoms with E-state index in [2.05, 4.69) is 4.98 Å². The number of aryl methyl sites for hydroxylation is 1. The van der Waals surface area contributed by atoms with Crippen LogP contribution in [-0.4, -0.2) is 46.8 Å². The Labute approximate surface area is 176 Å². The quantitative estimate of drug-likeness (QED) is 0.642. The van der Waals surface area contributed by atoms with Crippen LogP contribution in [-0.2, 0) is 41.1 Å². The molecule has 3 aromatic rings. The average Bonchev–Trinajstić information content (AvgIpc) is 3.03. The second kappa shape index (κ2) is 7.68. The number of rotatable bonds is 4. The standard InChI is InChI=1S/C22H24N4O3S/c1-15(27)26-9-8-22-20(14-26)21(24-25(22)2)10-16-4-6-17(7-5-16)18-11-19(13-23-12-18)30(3,28)29/h4-7,11-13H,8-10,14H2,1-3H3. The molecule has 1 aromatic carbocycles. The van der Waals surface area contributed by atoms with Gasteiger partial charge in [-0.3, -0.25) is 14.5 Å². The third kappa shape index (κ3) is 4.00. The Morgan fingerprint density at radius 2 is 1.87 bits per heavy atom. The Morgan fingerprint density at radius 1 is 1.13 bits per heavy atom. The summed E-state index contributed by atoms with van der Waals surface area (Å²) in [7, 11) is -1.35. The van der Waals surface area contributed by atoms with Gasteiger partial charge in [0.25, 0.3) is 0 Å². The Bertz CT molecular complexity index is 1210. The molecule has 0 bridgehead atoms. The van der Waals surface area contributed by atoms with Crippen molar-refractivity contribution >= 4 is 15.7 Å². The van der Waals surface area contributed by atoms with E-state index in [-0.39, 0.29) is 10.8 Å². The molecule has 0 unspecified atom stereocenters. The van der Waals surface area contributed by atoms with Crippen LogP contribution in [0, 0.1) is 0 Å². The molecule has 156 valence electrons. The number of nitrogens with zero attached hydrogens (tertiary/aromatic N) is 4. The van der Waals surface area contributed by atoms with Gasteiger partial charge in [-0.15, -0.1) is 0 Å². The minimum atomic E-state index is -3.30. The molecule has 2 aromatic heterocycles. The van der Waals surface area contributed by atoms with E-state index < -0.39 is 9.84 Å². The highest BCUT2D eigenvalue weighted by Gasteiger charge is 2.25. The van der Waals surface area contributed by atoms with Crippen molar-refractivity contribution < 1.29 is 13.2 Å². The lowest BCUT2D eigenvalue weighted by Crippen LogP contribution is -2.34. The minimum Gasteiger partial charge on any atom is -0.338 e. The van der Waals surface area contributed by atoms with E-state index in [1.165, 1.54) is 18.1 Å². The summed E-state index contributed by atoms with van der Waals surface area (Å²) in [4.78, 5) is 17.9. The SMILES string of the molecule is CC(=O)N1CCc2c(c(Cc3ccc(-c4cncc(S(C)(=O)=O)c4)cc3)nn2C)C1. The molecule has 0 spiro atoms. The molecule has 0 saturated carbocycles. The maximum atomic E-state index is 11.8. The Kier molecular flexibility index (Phi) is 5.19. The Morgan fingerprint density at radius 3 is 2.53 bits per heavy atom. The van der Waals surface area contributed by atoms with Crippen molar-refractivity contribution in [2.45, 2.75) is 31.2 Å². The summed E-state index contributed by atoms with van der Waals surface area (Å²) in [6, 6.07) is 9.62. The van der Waals surface area contributed by atoms with Crippen molar-refractivity contribution in [1.82, 2.24) is 19.7 Å². The maximum absolute atomic E-state index is 11.8. The first-order chi connectivity index (χ1) is 14.2. The van der Waals surface area contributed by atoms with Gasteiger partial charge in [0.1, 0.15) is 0 Å². The highest BCUT2D eigenvalue weighted by Crippen LogP contribution is 2.26. The Balaban J connectivity index is 1.58. The van der Waals surface area contributed by atoms with Gasteiger partial charge in [0.15, 0.2) is 9.84 Å². The summed E-state index contributed by atoms with van der Waals surface area (Å²) in [6.07, 6.45) is 5.70. The number of amides is 1. The number of hydrogen-bond donors (Lipinski definition) is 0. The van der Waals surface area contributed by atoms with Gasteiger partial charge >= 0.3 is 0 Å². The predicted octanol–water partition coefficient (Wildman–Crippen LogP) is 2.38. The van der Waals surface area contributed by atoms with E-state index in [0.717, 1.165) is 40.9 Å². The molecule has 4 rings (SSSR count). The molecule has 1 amide bonds. The van der Waals surface area contributed by atoms with Gasteiger partial charge in [-0.05, 0) is 17.2 Å².